The van der Waals surface area contributed by atoms with E-state index in [1.165, 1.54) is 4.67 Å². The van der Waals surface area contributed by atoms with Crippen LogP contribution in [0.4, 0.5) is 0 Å². The minimum absolute atomic E-state index is 0.338. The largest absolute Gasteiger partial charge is 0.405 e. The highest BCUT2D eigenvalue weighted by Gasteiger charge is 2.26. The van der Waals surface area contributed by atoms with E-state index < -0.39 is 7.75 Å². The second kappa shape index (κ2) is 5.70. The summed E-state index contributed by atoms with van der Waals surface area (Å²) in [5.41, 5.74) is 0. The summed E-state index contributed by atoms with van der Waals surface area (Å²) in [6.07, 6.45) is 0.756. The third-order valence-corrected chi connectivity index (χ3v) is 3.35. The molecule has 1 unspecified atom stereocenters. The standard InChI is InChI=1S/C7H18NO3P/c1-4-7-11-12(9,10)8(5-2)6-3/h4-7H2,1-3H3,(H,9,10). The second-order valence-corrected chi connectivity index (χ2v) is 4.27. The predicted octanol–water partition coefficient (Wildman–Crippen LogP) is 1.86. The molecule has 0 bridgehead atoms. The van der Waals surface area contributed by atoms with Gasteiger partial charge in [-0.15, -0.1) is 0 Å². The van der Waals surface area contributed by atoms with Crippen molar-refractivity contribution in [1.82, 2.24) is 4.67 Å². The smallest absolute Gasteiger partial charge is 0.312 e. The lowest BCUT2D eigenvalue weighted by Gasteiger charge is -2.23. The molecule has 0 saturated heterocycles. The van der Waals surface area contributed by atoms with Gasteiger partial charge in [0.1, 0.15) is 0 Å². The van der Waals surface area contributed by atoms with E-state index in [0.717, 1.165) is 6.42 Å². The minimum Gasteiger partial charge on any atom is -0.312 e. The predicted molar refractivity (Wildman–Crippen MR) is 49.0 cm³/mol. The van der Waals surface area contributed by atoms with Crippen molar-refractivity contribution in [2.24, 2.45) is 0 Å². The van der Waals surface area contributed by atoms with Gasteiger partial charge in [0.25, 0.3) is 0 Å². The van der Waals surface area contributed by atoms with Gasteiger partial charge in [-0.05, 0) is 6.42 Å². The minimum atomic E-state index is -3.49. The third kappa shape index (κ3) is 3.68. The molecule has 0 radical (unpaired) electrons. The number of hydrogen-bond acceptors (Lipinski definition) is 2. The molecule has 0 fully saturated rings. The van der Waals surface area contributed by atoms with Gasteiger partial charge in [-0.1, -0.05) is 20.8 Å². The van der Waals surface area contributed by atoms with Crippen molar-refractivity contribution in [1.29, 1.82) is 0 Å². The van der Waals surface area contributed by atoms with E-state index in [1.807, 2.05) is 20.8 Å². The molecule has 0 aliphatic carbocycles. The summed E-state index contributed by atoms with van der Waals surface area (Å²) >= 11 is 0. The molecule has 1 atom stereocenters. The van der Waals surface area contributed by atoms with Crippen LogP contribution in [0.1, 0.15) is 27.2 Å². The second-order valence-electron chi connectivity index (χ2n) is 2.46. The molecule has 0 spiro atoms. The van der Waals surface area contributed by atoms with Crippen molar-refractivity contribution in [3.63, 3.8) is 0 Å². The van der Waals surface area contributed by atoms with Crippen LogP contribution in [0, 0.1) is 0 Å². The van der Waals surface area contributed by atoms with Crippen LogP contribution in [0.3, 0.4) is 0 Å². The van der Waals surface area contributed by atoms with Crippen LogP contribution in [0.25, 0.3) is 0 Å². The molecule has 0 aromatic carbocycles. The molecule has 12 heavy (non-hydrogen) atoms. The van der Waals surface area contributed by atoms with E-state index in [4.69, 9.17) is 4.52 Å². The van der Waals surface area contributed by atoms with Crippen LogP contribution in [0.15, 0.2) is 0 Å². The zero-order valence-electron chi connectivity index (χ0n) is 7.99. The number of rotatable bonds is 6. The Morgan fingerprint density at radius 2 is 1.83 bits per heavy atom. The van der Waals surface area contributed by atoms with E-state index in [1.54, 1.807) is 0 Å². The molecule has 0 amide bonds. The Hall–Kier alpha value is 0.110. The van der Waals surface area contributed by atoms with Gasteiger partial charge in [-0.2, -0.15) is 0 Å². The zero-order valence-corrected chi connectivity index (χ0v) is 8.88. The summed E-state index contributed by atoms with van der Waals surface area (Å²) in [5.74, 6) is 0. The summed E-state index contributed by atoms with van der Waals surface area (Å²) < 4.78 is 17.7. The van der Waals surface area contributed by atoms with Crippen LogP contribution >= 0.6 is 7.75 Å². The highest BCUT2D eigenvalue weighted by atomic mass is 31.2. The molecule has 0 saturated carbocycles. The summed E-state index contributed by atoms with van der Waals surface area (Å²) in [6, 6.07) is 0. The maximum atomic E-state index is 11.4. The molecule has 5 heteroatoms. The first-order valence-electron chi connectivity index (χ1n) is 4.31. The number of hydrogen-bond donors (Lipinski definition) is 1. The Labute approximate surface area is 74.1 Å². The van der Waals surface area contributed by atoms with Crippen molar-refractivity contribution in [3.05, 3.63) is 0 Å². The van der Waals surface area contributed by atoms with Crippen molar-refractivity contribution < 1.29 is 14.0 Å². The van der Waals surface area contributed by atoms with Crippen molar-refractivity contribution in [2.75, 3.05) is 19.7 Å². The Kier molecular flexibility index (Phi) is 5.76. The highest BCUT2D eigenvalue weighted by Crippen LogP contribution is 2.45. The fourth-order valence-corrected chi connectivity index (χ4v) is 2.17. The fraction of sp³-hybridized carbons (Fsp3) is 1.00. The molecular formula is C7H18NO3P. The molecule has 0 aliphatic rings. The first kappa shape index (κ1) is 12.1. The topological polar surface area (TPSA) is 49.8 Å². The van der Waals surface area contributed by atoms with Gasteiger partial charge in [-0.25, -0.2) is 9.24 Å². The van der Waals surface area contributed by atoms with E-state index in [-0.39, 0.29) is 0 Å². The quantitative estimate of drug-likeness (QED) is 0.657. The summed E-state index contributed by atoms with van der Waals surface area (Å²) in [7, 11) is -3.49. The summed E-state index contributed by atoms with van der Waals surface area (Å²) in [5, 5.41) is 0. The first-order valence-corrected chi connectivity index (χ1v) is 5.84. The average molecular weight is 195 g/mol. The summed E-state index contributed by atoms with van der Waals surface area (Å²) in [4.78, 5) is 9.36. The van der Waals surface area contributed by atoms with E-state index in [9.17, 15) is 9.46 Å². The third-order valence-electron chi connectivity index (χ3n) is 1.55. The van der Waals surface area contributed by atoms with Gasteiger partial charge in [-0.3, -0.25) is 4.52 Å². The lowest BCUT2D eigenvalue weighted by Crippen LogP contribution is -2.20. The maximum absolute atomic E-state index is 11.4. The Morgan fingerprint density at radius 1 is 1.33 bits per heavy atom. The van der Waals surface area contributed by atoms with Crippen LogP contribution in [0.2, 0.25) is 0 Å². The SMILES string of the molecule is CCCOP(=O)(O)N(CC)CC. The Balaban J connectivity index is 4.06. The first-order chi connectivity index (χ1) is 5.58. The van der Waals surface area contributed by atoms with Crippen molar-refractivity contribution in [3.8, 4) is 0 Å². The molecule has 74 valence electrons. The lowest BCUT2D eigenvalue weighted by molar-refractivity contribution is 0.206. The molecule has 0 rings (SSSR count). The molecule has 1 N–H and O–H groups in total. The zero-order chi connectivity index (χ0) is 9.61. The van der Waals surface area contributed by atoms with Gasteiger partial charge in [0, 0.05) is 13.1 Å². The fourth-order valence-electron chi connectivity index (χ4n) is 0.873. The van der Waals surface area contributed by atoms with Gasteiger partial charge in [0.05, 0.1) is 6.61 Å². The van der Waals surface area contributed by atoms with Gasteiger partial charge in [0.15, 0.2) is 0 Å². The highest BCUT2D eigenvalue weighted by molar-refractivity contribution is 7.50. The normalized spacial score (nSPS) is 16.4. The molecule has 0 heterocycles. The summed E-state index contributed by atoms with van der Waals surface area (Å²) in [6.45, 7) is 6.98. The van der Waals surface area contributed by atoms with E-state index >= 15 is 0 Å². The molecule has 0 aromatic rings. The number of nitrogens with zero attached hydrogens (tertiary/aromatic N) is 1. The van der Waals surface area contributed by atoms with Crippen LogP contribution in [-0.4, -0.2) is 29.3 Å². The lowest BCUT2D eigenvalue weighted by atomic mass is 10.5. The van der Waals surface area contributed by atoms with E-state index in [0.29, 0.717) is 19.7 Å². The van der Waals surface area contributed by atoms with Crippen LogP contribution in [-0.2, 0) is 9.09 Å². The Bertz CT molecular complexity index is 159. The molecule has 4 nitrogen and oxygen atoms in total. The van der Waals surface area contributed by atoms with Gasteiger partial charge < -0.3 is 4.89 Å². The average Bonchev–Trinajstić information content (AvgIpc) is 2.03. The van der Waals surface area contributed by atoms with Crippen molar-refractivity contribution >= 4 is 7.75 Å². The van der Waals surface area contributed by atoms with Crippen LogP contribution < -0.4 is 0 Å². The maximum Gasteiger partial charge on any atom is 0.405 e. The molecule has 0 aliphatic heterocycles. The monoisotopic (exact) mass is 195 g/mol. The molecule has 0 aromatic heterocycles. The molecular weight excluding hydrogens is 177 g/mol. The Morgan fingerprint density at radius 3 is 2.17 bits per heavy atom. The van der Waals surface area contributed by atoms with E-state index in [2.05, 4.69) is 0 Å². The van der Waals surface area contributed by atoms with Gasteiger partial charge in [0.2, 0.25) is 0 Å². The van der Waals surface area contributed by atoms with Gasteiger partial charge >= 0.3 is 7.75 Å². The van der Waals surface area contributed by atoms with Crippen LogP contribution in [0.5, 0.6) is 0 Å². The van der Waals surface area contributed by atoms with Crippen molar-refractivity contribution in [2.45, 2.75) is 27.2 Å².